The molecule has 19 heavy (non-hydrogen) atoms. The highest BCUT2D eigenvalue weighted by Gasteiger charge is 2.12. The van der Waals surface area contributed by atoms with Crippen molar-refractivity contribution in [3.8, 4) is 0 Å². The monoisotopic (exact) mass is 275 g/mol. The predicted molar refractivity (Wildman–Crippen MR) is 77.0 cm³/mol. The van der Waals surface area contributed by atoms with Crippen molar-refractivity contribution in [2.75, 3.05) is 5.75 Å². The van der Waals surface area contributed by atoms with Gasteiger partial charge < -0.3 is 10.3 Å². The molecule has 1 aromatic carbocycles. The summed E-state index contributed by atoms with van der Waals surface area (Å²) in [5.74, 6) is 0.467. The molecule has 1 unspecified atom stereocenters. The Morgan fingerprint density at radius 2 is 1.89 bits per heavy atom. The van der Waals surface area contributed by atoms with E-state index in [-0.39, 0.29) is 0 Å². The molecule has 2 aromatic rings. The number of thioether (sulfide) groups is 1. The maximum atomic E-state index is 11.5. The third-order valence-electron chi connectivity index (χ3n) is 2.81. The number of hydrogen-bond acceptors (Lipinski definition) is 3. The van der Waals surface area contributed by atoms with Crippen LogP contribution in [-0.2, 0) is 0 Å². The zero-order valence-electron chi connectivity index (χ0n) is 11.0. The molecule has 0 amide bonds. The van der Waals surface area contributed by atoms with Gasteiger partial charge in [-0.25, -0.2) is 0 Å². The molecule has 2 rings (SSSR count). The number of nitrogens with zero attached hydrogens (tertiary/aromatic N) is 1. The van der Waals surface area contributed by atoms with Gasteiger partial charge >= 0.3 is 0 Å². The third-order valence-corrected chi connectivity index (χ3v) is 3.90. The SMILES string of the molecule is Cc1cc(C)cc(C(O)CSc2cccc[n+]2[O-])c1. The fraction of sp³-hybridized carbons (Fsp3) is 0.267. The van der Waals surface area contributed by atoms with Crippen molar-refractivity contribution in [2.24, 2.45) is 0 Å². The summed E-state index contributed by atoms with van der Waals surface area (Å²) in [4.78, 5) is 0. The van der Waals surface area contributed by atoms with E-state index in [2.05, 4.69) is 6.07 Å². The molecule has 1 N–H and O–H groups in total. The summed E-state index contributed by atoms with van der Waals surface area (Å²) in [6.07, 6.45) is 0.898. The Bertz CT molecular complexity index is 552. The first-order valence-electron chi connectivity index (χ1n) is 6.13. The van der Waals surface area contributed by atoms with E-state index in [1.165, 1.54) is 18.0 Å². The lowest BCUT2D eigenvalue weighted by atomic mass is 10.0. The van der Waals surface area contributed by atoms with Gasteiger partial charge in [0, 0.05) is 17.9 Å². The van der Waals surface area contributed by atoms with Crippen molar-refractivity contribution in [3.05, 3.63) is 64.5 Å². The highest BCUT2D eigenvalue weighted by Crippen LogP contribution is 2.23. The topological polar surface area (TPSA) is 47.2 Å². The Morgan fingerprint density at radius 1 is 1.21 bits per heavy atom. The Labute approximate surface area is 117 Å². The van der Waals surface area contributed by atoms with Crippen LogP contribution < -0.4 is 4.73 Å². The first-order valence-corrected chi connectivity index (χ1v) is 7.12. The van der Waals surface area contributed by atoms with Gasteiger partial charge in [-0.2, -0.15) is 4.73 Å². The Kier molecular flexibility index (Phi) is 4.45. The van der Waals surface area contributed by atoms with Gasteiger partial charge in [0.15, 0.2) is 6.20 Å². The highest BCUT2D eigenvalue weighted by molar-refractivity contribution is 7.99. The van der Waals surface area contributed by atoms with E-state index in [0.29, 0.717) is 10.8 Å². The first-order chi connectivity index (χ1) is 9.06. The molecule has 0 spiro atoms. The number of pyridine rings is 1. The van der Waals surface area contributed by atoms with Crippen LogP contribution >= 0.6 is 11.8 Å². The van der Waals surface area contributed by atoms with Gasteiger partial charge in [0.2, 0.25) is 0 Å². The van der Waals surface area contributed by atoms with Gasteiger partial charge in [0.25, 0.3) is 5.03 Å². The molecule has 1 heterocycles. The van der Waals surface area contributed by atoms with Gasteiger partial charge in [-0.3, -0.25) is 0 Å². The molecule has 4 heteroatoms. The molecule has 3 nitrogen and oxygen atoms in total. The van der Waals surface area contributed by atoms with Crippen molar-refractivity contribution < 1.29 is 9.84 Å². The van der Waals surface area contributed by atoms with Crippen molar-refractivity contribution in [2.45, 2.75) is 25.0 Å². The maximum absolute atomic E-state index is 11.5. The molecule has 0 aliphatic carbocycles. The van der Waals surface area contributed by atoms with E-state index < -0.39 is 6.10 Å². The number of rotatable bonds is 4. The molecule has 0 saturated carbocycles. The smallest absolute Gasteiger partial charge is 0.251 e. The largest absolute Gasteiger partial charge is 0.618 e. The summed E-state index contributed by atoms with van der Waals surface area (Å²) >= 11 is 1.36. The standard InChI is InChI=1S/C15H17NO2S/c1-11-7-12(2)9-13(8-11)14(17)10-19-15-5-3-4-6-16(15)18/h3-9,14,17H,10H2,1-2H3. The average molecular weight is 275 g/mol. The Balaban J connectivity index is 2.05. The first kappa shape index (κ1) is 13.9. The molecule has 1 aromatic heterocycles. The van der Waals surface area contributed by atoms with Gasteiger partial charge in [0.1, 0.15) is 0 Å². The zero-order chi connectivity index (χ0) is 13.8. The van der Waals surface area contributed by atoms with Gasteiger partial charge in [-0.05, 0) is 25.5 Å². The fourth-order valence-corrected chi connectivity index (χ4v) is 2.87. The lowest BCUT2D eigenvalue weighted by Crippen LogP contribution is -2.28. The minimum absolute atomic E-state index is 0.467. The van der Waals surface area contributed by atoms with Crippen molar-refractivity contribution in [1.29, 1.82) is 0 Å². The average Bonchev–Trinajstić information content (AvgIpc) is 2.36. The van der Waals surface area contributed by atoms with Crippen LogP contribution in [0.25, 0.3) is 0 Å². The summed E-state index contributed by atoms with van der Waals surface area (Å²) in [7, 11) is 0. The number of aromatic nitrogens is 1. The number of aliphatic hydroxyl groups excluding tert-OH is 1. The second kappa shape index (κ2) is 6.08. The zero-order valence-corrected chi connectivity index (χ0v) is 11.9. The summed E-state index contributed by atoms with van der Waals surface area (Å²) in [6.45, 7) is 4.03. The second-order valence-corrected chi connectivity index (χ2v) is 5.65. The van der Waals surface area contributed by atoms with Gasteiger partial charge in [0.05, 0.1) is 6.10 Å². The molecular weight excluding hydrogens is 258 g/mol. The fourth-order valence-electron chi connectivity index (χ4n) is 1.99. The second-order valence-electron chi connectivity index (χ2n) is 4.61. The molecule has 100 valence electrons. The van der Waals surface area contributed by atoms with Crippen LogP contribution in [0.2, 0.25) is 0 Å². The normalized spacial score (nSPS) is 12.4. The van der Waals surface area contributed by atoms with E-state index in [0.717, 1.165) is 21.4 Å². The highest BCUT2D eigenvalue weighted by atomic mass is 32.2. The molecular formula is C15H17NO2S. The molecule has 0 bridgehead atoms. The van der Waals surface area contributed by atoms with E-state index in [1.807, 2.05) is 32.0 Å². The predicted octanol–water partition coefficient (Wildman–Crippen LogP) is 2.76. The quantitative estimate of drug-likeness (QED) is 0.530. The number of benzene rings is 1. The van der Waals surface area contributed by atoms with Crippen LogP contribution in [0, 0.1) is 19.1 Å². The third kappa shape index (κ3) is 3.72. The maximum Gasteiger partial charge on any atom is 0.251 e. The van der Waals surface area contributed by atoms with Crippen LogP contribution in [-0.4, -0.2) is 10.9 Å². The van der Waals surface area contributed by atoms with Crippen LogP contribution in [0.5, 0.6) is 0 Å². The van der Waals surface area contributed by atoms with Crippen molar-refractivity contribution in [3.63, 3.8) is 0 Å². The van der Waals surface area contributed by atoms with Crippen LogP contribution in [0.3, 0.4) is 0 Å². The molecule has 1 atom stereocenters. The summed E-state index contributed by atoms with van der Waals surface area (Å²) in [5, 5.41) is 22.3. The lowest BCUT2D eigenvalue weighted by Gasteiger charge is -2.12. The Morgan fingerprint density at radius 3 is 2.53 bits per heavy atom. The summed E-state index contributed by atoms with van der Waals surface area (Å²) < 4.78 is 0.818. The van der Waals surface area contributed by atoms with Crippen molar-refractivity contribution in [1.82, 2.24) is 0 Å². The minimum Gasteiger partial charge on any atom is -0.618 e. The summed E-state index contributed by atoms with van der Waals surface area (Å²) in [5.41, 5.74) is 3.17. The number of aryl methyl sites for hydroxylation is 2. The van der Waals surface area contributed by atoms with E-state index in [4.69, 9.17) is 0 Å². The van der Waals surface area contributed by atoms with Gasteiger partial charge in [-0.15, -0.1) is 0 Å². The molecule has 0 aliphatic heterocycles. The van der Waals surface area contributed by atoms with Crippen LogP contribution in [0.1, 0.15) is 22.8 Å². The van der Waals surface area contributed by atoms with Crippen LogP contribution in [0.4, 0.5) is 0 Å². The van der Waals surface area contributed by atoms with E-state index in [9.17, 15) is 10.3 Å². The Hall–Kier alpha value is -1.52. The van der Waals surface area contributed by atoms with Gasteiger partial charge in [-0.1, -0.05) is 41.1 Å². The molecule has 0 fully saturated rings. The molecule has 0 aliphatic rings. The van der Waals surface area contributed by atoms with Crippen LogP contribution in [0.15, 0.2) is 47.6 Å². The number of hydrogen-bond donors (Lipinski definition) is 1. The molecule has 0 saturated heterocycles. The number of aliphatic hydroxyl groups is 1. The summed E-state index contributed by atoms with van der Waals surface area (Å²) in [6, 6.07) is 11.3. The van der Waals surface area contributed by atoms with Crippen molar-refractivity contribution >= 4 is 11.8 Å². The minimum atomic E-state index is -0.566. The van der Waals surface area contributed by atoms with E-state index in [1.54, 1.807) is 12.1 Å². The molecule has 0 radical (unpaired) electrons. The lowest BCUT2D eigenvalue weighted by molar-refractivity contribution is -0.645. The van der Waals surface area contributed by atoms with E-state index >= 15 is 0 Å².